The average Bonchev–Trinajstić information content (AvgIpc) is 3.15. The van der Waals surface area contributed by atoms with Crippen molar-refractivity contribution in [1.82, 2.24) is 0 Å². The van der Waals surface area contributed by atoms with E-state index in [2.05, 4.69) is 41.5 Å². The molecule has 5 aliphatic rings. The topological polar surface area (TPSA) is 40.5 Å². The molecule has 0 aliphatic heterocycles. The molecule has 0 saturated heterocycles. The molecule has 0 bridgehead atoms. The third-order valence-electron chi connectivity index (χ3n) is 13.5. The summed E-state index contributed by atoms with van der Waals surface area (Å²) in [5.41, 5.74) is 0.885. The fourth-order valence-electron chi connectivity index (χ4n) is 11.3. The smallest absolute Gasteiger partial charge is 0.0648 e. The van der Waals surface area contributed by atoms with Crippen LogP contribution in [0.1, 0.15) is 131 Å². The second-order valence-corrected chi connectivity index (χ2v) is 15.5. The Kier molecular flexibility index (Phi) is 6.58. The van der Waals surface area contributed by atoms with Gasteiger partial charge < -0.3 is 10.2 Å². The van der Waals surface area contributed by atoms with Crippen LogP contribution in [0.15, 0.2) is 0 Å². The Balaban J connectivity index is 1.31. The summed E-state index contributed by atoms with van der Waals surface area (Å²) in [7, 11) is 0. The molecule has 2 nitrogen and oxygen atoms in total. The van der Waals surface area contributed by atoms with E-state index in [1.165, 1.54) is 70.6 Å². The van der Waals surface area contributed by atoms with Gasteiger partial charge in [-0.1, -0.05) is 48.0 Å². The molecule has 34 heavy (non-hydrogen) atoms. The lowest BCUT2D eigenvalue weighted by molar-refractivity contribution is -0.155. The van der Waals surface area contributed by atoms with Crippen molar-refractivity contribution in [1.29, 1.82) is 0 Å². The molecule has 2 N–H and O–H groups in total. The molecule has 5 fully saturated rings. The molecule has 2 heteroatoms. The number of hydrogen-bond donors (Lipinski definition) is 2. The van der Waals surface area contributed by atoms with Gasteiger partial charge in [0.2, 0.25) is 0 Å². The van der Waals surface area contributed by atoms with Gasteiger partial charge >= 0.3 is 0 Å². The zero-order chi connectivity index (χ0) is 24.5. The quantitative estimate of drug-likeness (QED) is 0.435. The van der Waals surface area contributed by atoms with Crippen LogP contribution >= 0.6 is 0 Å². The molecular weight excluding hydrogens is 416 g/mol. The van der Waals surface area contributed by atoms with Gasteiger partial charge in [-0.2, -0.15) is 0 Å². The van der Waals surface area contributed by atoms with Crippen LogP contribution in [0.25, 0.3) is 0 Å². The zero-order valence-corrected chi connectivity index (χ0v) is 23.4. The summed E-state index contributed by atoms with van der Waals surface area (Å²) < 4.78 is 0. The molecule has 1 unspecified atom stereocenters. The Morgan fingerprint density at radius 1 is 0.794 bits per heavy atom. The molecule has 5 saturated carbocycles. The Morgan fingerprint density at radius 2 is 1.53 bits per heavy atom. The lowest BCUT2D eigenvalue weighted by Gasteiger charge is -2.62. The van der Waals surface area contributed by atoms with Crippen molar-refractivity contribution >= 4 is 0 Å². The molecule has 0 radical (unpaired) electrons. The van der Waals surface area contributed by atoms with Crippen molar-refractivity contribution in [3.8, 4) is 0 Å². The highest BCUT2D eigenvalue weighted by atomic mass is 16.3. The largest absolute Gasteiger partial charge is 0.393 e. The minimum atomic E-state index is -0.391. The van der Waals surface area contributed by atoms with E-state index >= 15 is 0 Å². The van der Waals surface area contributed by atoms with E-state index in [4.69, 9.17) is 0 Å². The van der Waals surface area contributed by atoms with Gasteiger partial charge in [0.15, 0.2) is 0 Å². The zero-order valence-electron chi connectivity index (χ0n) is 23.4. The summed E-state index contributed by atoms with van der Waals surface area (Å²) in [6.07, 6.45) is 17.4. The Morgan fingerprint density at radius 3 is 2.24 bits per heavy atom. The average molecular weight is 473 g/mol. The third kappa shape index (κ3) is 4.04. The van der Waals surface area contributed by atoms with Crippen molar-refractivity contribution in [2.75, 3.05) is 0 Å². The standard InChI is InChI=1S/C32H56O2/c1-7-32(34)18-17-30(5)23(20-32)10-11-24-26-13-12-25(31(26,6)16-14-27(24)30)21(2)28(33)22-9-8-15-29(3,4)19-22/h21-28,33-34H,7-20H2,1-6H3/t21-,22?,23-,24-,25+,26-,27-,28-,30-,31+,32-/m0/s1. The van der Waals surface area contributed by atoms with Crippen molar-refractivity contribution in [3.05, 3.63) is 0 Å². The van der Waals surface area contributed by atoms with Crippen molar-refractivity contribution in [2.45, 2.75) is 143 Å². The minimum Gasteiger partial charge on any atom is -0.393 e. The van der Waals surface area contributed by atoms with E-state index in [1.54, 1.807) is 0 Å². The fourth-order valence-corrected chi connectivity index (χ4v) is 11.3. The lowest BCUT2D eigenvalue weighted by Crippen LogP contribution is -2.56. The van der Waals surface area contributed by atoms with Crippen molar-refractivity contribution in [2.24, 2.45) is 57.7 Å². The first-order valence-corrected chi connectivity index (χ1v) is 15.3. The lowest BCUT2D eigenvalue weighted by atomic mass is 9.43. The van der Waals surface area contributed by atoms with Crippen molar-refractivity contribution in [3.63, 3.8) is 0 Å². The van der Waals surface area contributed by atoms with E-state index < -0.39 is 5.60 Å². The molecule has 5 aliphatic carbocycles. The first kappa shape index (κ1) is 25.6. The molecule has 0 spiro atoms. The highest BCUT2D eigenvalue weighted by Gasteiger charge is 2.62. The van der Waals surface area contributed by atoms with E-state index in [-0.39, 0.29) is 6.10 Å². The summed E-state index contributed by atoms with van der Waals surface area (Å²) >= 11 is 0. The maximum atomic E-state index is 11.6. The van der Waals surface area contributed by atoms with Crippen LogP contribution in [0, 0.1) is 57.7 Å². The molecule has 0 heterocycles. The molecular formula is C32H56O2. The molecule has 5 rings (SSSR count). The van der Waals surface area contributed by atoms with Crippen LogP contribution in [0.3, 0.4) is 0 Å². The number of aliphatic hydroxyl groups is 2. The van der Waals surface area contributed by atoms with Gasteiger partial charge in [0, 0.05) is 0 Å². The summed E-state index contributed by atoms with van der Waals surface area (Å²) in [6, 6.07) is 0. The third-order valence-corrected chi connectivity index (χ3v) is 13.5. The monoisotopic (exact) mass is 472 g/mol. The predicted octanol–water partition coefficient (Wildman–Crippen LogP) is 8.00. The molecule has 0 aromatic heterocycles. The Labute approximate surface area is 211 Å². The maximum Gasteiger partial charge on any atom is 0.0648 e. The van der Waals surface area contributed by atoms with Crippen LogP contribution in [-0.4, -0.2) is 21.9 Å². The Hall–Kier alpha value is -0.0800. The van der Waals surface area contributed by atoms with E-state index in [0.29, 0.717) is 34.0 Å². The van der Waals surface area contributed by atoms with E-state index in [1.807, 2.05) is 0 Å². The van der Waals surface area contributed by atoms with Crippen LogP contribution in [0.4, 0.5) is 0 Å². The summed E-state index contributed by atoms with van der Waals surface area (Å²) in [5, 5.41) is 22.7. The normalized spacial score (nSPS) is 52.2. The molecule has 0 aromatic rings. The second-order valence-electron chi connectivity index (χ2n) is 15.5. The minimum absolute atomic E-state index is 0.115. The van der Waals surface area contributed by atoms with Gasteiger partial charge in [0.25, 0.3) is 0 Å². The highest BCUT2D eigenvalue weighted by molar-refractivity contribution is 5.11. The molecule has 0 amide bonds. The van der Waals surface area contributed by atoms with Crippen LogP contribution in [-0.2, 0) is 0 Å². The Bertz CT molecular complexity index is 745. The molecule has 11 atom stereocenters. The van der Waals surface area contributed by atoms with E-state index in [0.717, 1.165) is 42.9 Å². The molecule has 0 aromatic carbocycles. The summed E-state index contributed by atoms with van der Waals surface area (Å²) in [6.45, 7) is 14.7. The second kappa shape index (κ2) is 8.75. The number of rotatable bonds is 4. The van der Waals surface area contributed by atoms with Crippen molar-refractivity contribution < 1.29 is 10.2 Å². The van der Waals surface area contributed by atoms with Gasteiger partial charge in [-0.25, -0.2) is 0 Å². The van der Waals surface area contributed by atoms with Gasteiger partial charge in [-0.15, -0.1) is 0 Å². The van der Waals surface area contributed by atoms with E-state index in [9.17, 15) is 10.2 Å². The number of hydrogen-bond acceptors (Lipinski definition) is 2. The predicted molar refractivity (Wildman–Crippen MR) is 141 cm³/mol. The maximum absolute atomic E-state index is 11.6. The fraction of sp³-hybridized carbons (Fsp3) is 1.00. The summed E-state index contributed by atoms with van der Waals surface area (Å²) in [4.78, 5) is 0. The van der Waals surface area contributed by atoms with Crippen LogP contribution in [0.5, 0.6) is 0 Å². The van der Waals surface area contributed by atoms with Crippen LogP contribution in [0.2, 0.25) is 0 Å². The van der Waals surface area contributed by atoms with Gasteiger partial charge in [0.05, 0.1) is 11.7 Å². The SMILES string of the molecule is CC[C@]1(O)CC[C@@]2(C)[C@@H](CC[C@@H]3[C@@H]2CC[C@]2(C)[C@@H]([C@H](C)[C@H](O)C4CCCC(C)(C)C4)CC[C@@H]32)C1. The number of aliphatic hydroxyl groups excluding tert-OH is 1. The van der Waals surface area contributed by atoms with Crippen LogP contribution < -0.4 is 0 Å². The van der Waals surface area contributed by atoms with Gasteiger partial charge in [-0.05, 0) is 141 Å². The first-order chi connectivity index (χ1) is 15.9. The summed E-state index contributed by atoms with van der Waals surface area (Å²) in [5.74, 6) is 4.97. The number of fused-ring (bicyclic) bond motifs is 5. The van der Waals surface area contributed by atoms with Gasteiger partial charge in [-0.3, -0.25) is 0 Å². The van der Waals surface area contributed by atoms with Gasteiger partial charge in [0.1, 0.15) is 0 Å². The first-order valence-electron chi connectivity index (χ1n) is 15.3. The highest BCUT2D eigenvalue weighted by Crippen LogP contribution is 2.69. The molecule has 196 valence electrons.